The van der Waals surface area contributed by atoms with Gasteiger partial charge in [0, 0.05) is 16.7 Å². The second kappa shape index (κ2) is 5.60. The predicted octanol–water partition coefficient (Wildman–Crippen LogP) is 3.61. The minimum Gasteiger partial charge on any atom is -0.446 e. The van der Waals surface area contributed by atoms with E-state index in [-0.39, 0.29) is 15.4 Å². The molecule has 0 unspecified atom stereocenters. The highest BCUT2D eigenvalue weighted by atomic mass is 32.2. The third kappa shape index (κ3) is 2.19. The van der Waals surface area contributed by atoms with Crippen molar-refractivity contribution in [3.8, 4) is 0 Å². The molecule has 0 bridgehead atoms. The Morgan fingerprint density at radius 2 is 1.50 bits per heavy atom. The van der Waals surface area contributed by atoms with Crippen molar-refractivity contribution in [2.45, 2.75) is 35.7 Å². The van der Waals surface area contributed by atoms with E-state index in [1.54, 1.807) is 55.5 Å². The molecule has 0 atom stereocenters. The molecule has 1 aliphatic rings. The number of fused-ring (bicyclic) bond motifs is 2. The molecule has 2 aromatic carbocycles. The molecular weight excluding hydrogens is 324 g/mol. The van der Waals surface area contributed by atoms with Crippen molar-refractivity contribution in [1.29, 1.82) is 0 Å². The minimum atomic E-state index is -3.65. The van der Waals surface area contributed by atoms with Crippen LogP contribution in [0.25, 0.3) is 0 Å². The first-order valence-corrected chi connectivity index (χ1v) is 9.16. The Morgan fingerprint density at radius 3 is 1.92 bits per heavy atom. The highest BCUT2D eigenvalue weighted by molar-refractivity contribution is 7.91. The lowest BCUT2D eigenvalue weighted by Gasteiger charge is -2.39. The highest BCUT2D eigenvalue weighted by Crippen LogP contribution is 2.48. The molecule has 1 aliphatic heterocycles. The number of rotatable bonds is 3. The minimum absolute atomic E-state index is 0.181. The SMILES string of the molecule is C=C(C)C(=O)OC1(CC)c2ccccc2S(=O)(=O)c2ccccc21. The number of carbonyl (C=O) groups excluding carboxylic acids is 1. The lowest BCUT2D eigenvalue weighted by molar-refractivity contribution is -0.152. The zero-order valence-electron chi connectivity index (χ0n) is 13.6. The average Bonchev–Trinajstić information content (AvgIpc) is 2.59. The number of ether oxygens (including phenoxy) is 1. The van der Waals surface area contributed by atoms with E-state index in [0.29, 0.717) is 17.5 Å². The summed E-state index contributed by atoms with van der Waals surface area (Å²) in [5.41, 5.74) is 0.0990. The Kier molecular flexibility index (Phi) is 3.84. The molecule has 0 aromatic heterocycles. The molecule has 0 spiro atoms. The average molecular weight is 342 g/mol. The van der Waals surface area contributed by atoms with Gasteiger partial charge in [-0.25, -0.2) is 13.2 Å². The number of sulfone groups is 1. The Bertz CT molecular complexity index is 888. The maximum absolute atomic E-state index is 13.0. The molecule has 4 nitrogen and oxygen atoms in total. The maximum Gasteiger partial charge on any atom is 0.334 e. The van der Waals surface area contributed by atoms with E-state index in [4.69, 9.17) is 4.74 Å². The first-order valence-electron chi connectivity index (χ1n) is 7.67. The maximum atomic E-state index is 13.0. The molecule has 124 valence electrons. The van der Waals surface area contributed by atoms with Gasteiger partial charge in [-0.3, -0.25) is 0 Å². The fourth-order valence-electron chi connectivity index (χ4n) is 3.14. The van der Waals surface area contributed by atoms with Crippen LogP contribution in [0.3, 0.4) is 0 Å². The Labute approximate surface area is 141 Å². The summed E-state index contributed by atoms with van der Waals surface area (Å²) in [5.74, 6) is -0.541. The predicted molar refractivity (Wildman–Crippen MR) is 90.3 cm³/mol. The van der Waals surface area contributed by atoms with Gasteiger partial charge in [-0.15, -0.1) is 0 Å². The van der Waals surface area contributed by atoms with Gasteiger partial charge in [0.15, 0.2) is 5.60 Å². The van der Waals surface area contributed by atoms with Gasteiger partial charge in [0.1, 0.15) is 0 Å². The second-order valence-corrected chi connectivity index (χ2v) is 7.73. The molecule has 5 heteroatoms. The van der Waals surface area contributed by atoms with Crippen LogP contribution in [0.2, 0.25) is 0 Å². The van der Waals surface area contributed by atoms with Crippen molar-refractivity contribution < 1.29 is 17.9 Å². The largest absolute Gasteiger partial charge is 0.446 e. The van der Waals surface area contributed by atoms with Crippen LogP contribution in [0.15, 0.2) is 70.5 Å². The lowest BCUT2D eigenvalue weighted by atomic mass is 9.83. The number of esters is 1. The van der Waals surface area contributed by atoms with Crippen molar-refractivity contribution in [3.63, 3.8) is 0 Å². The summed E-state index contributed by atoms with van der Waals surface area (Å²) >= 11 is 0. The smallest absolute Gasteiger partial charge is 0.334 e. The standard InChI is InChI=1S/C19H18O4S/c1-4-19(23-18(20)13(2)3)14-9-5-7-11-16(14)24(21,22)17-12-8-6-10-15(17)19/h5-12H,2,4H2,1,3H3. The van der Waals surface area contributed by atoms with Crippen LogP contribution in [-0.2, 0) is 25.0 Å². The van der Waals surface area contributed by atoms with Crippen molar-refractivity contribution in [2.75, 3.05) is 0 Å². The summed E-state index contributed by atoms with van der Waals surface area (Å²) < 4.78 is 31.8. The molecule has 0 amide bonds. The van der Waals surface area contributed by atoms with E-state index in [2.05, 4.69) is 6.58 Å². The van der Waals surface area contributed by atoms with E-state index < -0.39 is 21.4 Å². The van der Waals surface area contributed by atoms with E-state index in [0.717, 1.165) is 0 Å². The van der Waals surface area contributed by atoms with Crippen molar-refractivity contribution in [2.24, 2.45) is 0 Å². The number of hydrogen-bond donors (Lipinski definition) is 0. The Morgan fingerprint density at radius 1 is 1.04 bits per heavy atom. The third-order valence-corrected chi connectivity index (χ3v) is 6.21. The van der Waals surface area contributed by atoms with Crippen LogP contribution < -0.4 is 0 Å². The van der Waals surface area contributed by atoms with Gasteiger partial charge in [-0.2, -0.15) is 0 Å². The topological polar surface area (TPSA) is 60.4 Å². The van der Waals surface area contributed by atoms with Gasteiger partial charge in [0.25, 0.3) is 0 Å². The van der Waals surface area contributed by atoms with Crippen LogP contribution in [0.5, 0.6) is 0 Å². The molecule has 0 radical (unpaired) electrons. The van der Waals surface area contributed by atoms with Gasteiger partial charge < -0.3 is 4.74 Å². The zero-order valence-corrected chi connectivity index (χ0v) is 14.4. The molecule has 24 heavy (non-hydrogen) atoms. The first-order chi connectivity index (χ1) is 11.3. The van der Waals surface area contributed by atoms with E-state index in [9.17, 15) is 13.2 Å². The molecule has 0 fully saturated rings. The van der Waals surface area contributed by atoms with Crippen LogP contribution in [-0.4, -0.2) is 14.4 Å². The van der Waals surface area contributed by atoms with E-state index >= 15 is 0 Å². The summed E-state index contributed by atoms with van der Waals surface area (Å²) in [4.78, 5) is 12.6. The third-order valence-electron chi connectivity index (χ3n) is 4.34. The normalized spacial score (nSPS) is 16.6. The molecule has 0 saturated carbocycles. The molecule has 0 saturated heterocycles. The van der Waals surface area contributed by atoms with Crippen molar-refractivity contribution >= 4 is 15.8 Å². The molecule has 3 rings (SSSR count). The first kappa shape index (κ1) is 16.5. The van der Waals surface area contributed by atoms with Crippen LogP contribution in [0.1, 0.15) is 31.4 Å². The van der Waals surface area contributed by atoms with Crippen molar-refractivity contribution in [1.82, 2.24) is 0 Å². The summed E-state index contributed by atoms with van der Waals surface area (Å²) in [6, 6.07) is 13.4. The van der Waals surface area contributed by atoms with Crippen LogP contribution >= 0.6 is 0 Å². The van der Waals surface area contributed by atoms with Crippen LogP contribution in [0, 0.1) is 0 Å². The van der Waals surface area contributed by atoms with Gasteiger partial charge in [-0.1, -0.05) is 49.9 Å². The fourth-order valence-corrected chi connectivity index (χ4v) is 4.94. The summed E-state index contributed by atoms with van der Waals surface area (Å²) in [6.45, 7) is 7.08. The Balaban J connectivity index is 2.38. The van der Waals surface area contributed by atoms with Gasteiger partial charge >= 0.3 is 5.97 Å². The van der Waals surface area contributed by atoms with Crippen molar-refractivity contribution in [3.05, 3.63) is 71.8 Å². The lowest BCUT2D eigenvalue weighted by Crippen LogP contribution is -2.39. The summed E-state index contributed by atoms with van der Waals surface area (Å²) in [6.07, 6.45) is 0.412. The number of benzene rings is 2. The monoisotopic (exact) mass is 342 g/mol. The summed E-state index contributed by atoms with van der Waals surface area (Å²) in [7, 11) is -3.65. The highest BCUT2D eigenvalue weighted by Gasteiger charge is 2.47. The van der Waals surface area contributed by atoms with Gasteiger partial charge in [0.2, 0.25) is 9.84 Å². The summed E-state index contributed by atoms with van der Waals surface area (Å²) in [5, 5.41) is 0. The number of carbonyl (C=O) groups is 1. The molecule has 0 aliphatic carbocycles. The van der Waals surface area contributed by atoms with E-state index in [1.165, 1.54) is 0 Å². The molecular formula is C19H18O4S. The molecule has 1 heterocycles. The zero-order chi connectivity index (χ0) is 17.5. The molecule has 0 N–H and O–H groups in total. The quantitative estimate of drug-likeness (QED) is 0.631. The molecule has 2 aromatic rings. The van der Waals surface area contributed by atoms with Gasteiger partial charge in [-0.05, 0) is 25.5 Å². The Hall–Kier alpha value is -2.40. The van der Waals surface area contributed by atoms with Gasteiger partial charge in [0.05, 0.1) is 9.79 Å². The fraction of sp³-hybridized carbons (Fsp3) is 0.211. The van der Waals surface area contributed by atoms with E-state index in [1.807, 2.05) is 6.92 Å². The second-order valence-electron chi connectivity index (χ2n) is 5.85. The van der Waals surface area contributed by atoms with Crippen LogP contribution in [0.4, 0.5) is 0 Å². The number of hydrogen-bond acceptors (Lipinski definition) is 4.